The van der Waals surface area contributed by atoms with Crippen LogP contribution in [-0.2, 0) is 6.54 Å². The van der Waals surface area contributed by atoms with Crippen LogP contribution in [0.3, 0.4) is 0 Å². The van der Waals surface area contributed by atoms with Gasteiger partial charge in [-0.3, -0.25) is 4.68 Å². The second kappa shape index (κ2) is 6.46. The highest BCUT2D eigenvalue weighted by Gasteiger charge is 2.40. The molecule has 0 bridgehead atoms. The quantitative estimate of drug-likeness (QED) is 0.878. The molecule has 1 heterocycles. The van der Waals surface area contributed by atoms with Gasteiger partial charge in [0.05, 0.1) is 29.5 Å². The Kier molecular flexibility index (Phi) is 5.10. The van der Waals surface area contributed by atoms with Crippen LogP contribution >= 0.6 is 11.6 Å². The van der Waals surface area contributed by atoms with Gasteiger partial charge in [-0.25, -0.2) is 0 Å². The second-order valence-electron chi connectivity index (χ2n) is 6.30. The van der Waals surface area contributed by atoms with E-state index in [1.54, 1.807) is 6.20 Å². The highest BCUT2D eigenvalue weighted by Crippen LogP contribution is 2.49. The monoisotopic (exact) mass is 298 g/mol. The van der Waals surface area contributed by atoms with E-state index in [1.807, 2.05) is 4.68 Å². The van der Waals surface area contributed by atoms with E-state index in [0.29, 0.717) is 0 Å². The molecule has 1 aliphatic carbocycles. The molecule has 0 aromatic carbocycles. The van der Waals surface area contributed by atoms with Crippen LogP contribution in [0.2, 0.25) is 5.02 Å². The molecule has 1 unspecified atom stereocenters. The second-order valence-corrected chi connectivity index (χ2v) is 6.71. The molecule has 0 radical (unpaired) electrons. The Labute approximate surface area is 127 Å². The van der Waals surface area contributed by atoms with Gasteiger partial charge in [0.1, 0.15) is 0 Å². The summed E-state index contributed by atoms with van der Waals surface area (Å²) in [5, 5.41) is 5.14. The van der Waals surface area contributed by atoms with E-state index in [9.17, 15) is 0 Å². The van der Waals surface area contributed by atoms with Crippen molar-refractivity contribution in [2.45, 2.75) is 51.6 Å². The molecule has 20 heavy (non-hydrogen) atoms. The summed E-state index contributed by atoms with van der Waals surface area (Å²) in [7, 11) is 4.13. The van der Waals surface area contributed by atoms with Crippen molar-refractivity contribution in [1.29, 1.82) is 0 Å². The fraction of sp³-hybridized carbons (Fsp3) is 0.800. The lowest BCUT2D eigenvalue weighted by atomic mass is 9.75. The number of nitrogens with two attached hydrogens (primary N) is 1. The fourth-order valence-electron chi connectivity index (χ4n) is 3.41. The number of hydrogen-bond acceptors (Lipinski definition) is 3. The third kappa shape index (κ3) is 3.02. The molecule has 0 saturated heterocycles. The number of rotatable bonds is 6. The van der Waals surface area contributed by atoms with Gasteiger partial charge < -0.3 is 10.6 Å². The molecule has 1 saturated carbocycles. The summed E-state index contributed by atoms with van der Waals surface area (Å²) in [6.07, 6.45) is 7.84. The smallest absolute Gasteiger partial charge is 0.0834 e. The Morgan fingerprint density at radius 2 is 2.10 bits per heavy atom. The third-order valence-corrected chi connectivity index (χ3v) is 5.14. The summed E-state index contributed by atoms with van der Waals surface area (Å²) in [5.41, 5.74) is 7.87. The molecule has 0 aliphatic heterocycles. The number of nitrogens with zero attached hydrogens (tertiary/aromatic N) is 3. The van der Waals surface area contributed by atoms with Gasteiger partial charge in [-0.2, -0.15) is 5.10 Å². The van der Waals surface area contributed by atoms with E-state index in [0.717, 1.165) is 30.2 Å². The van der Waals surface area contributed by atoms with E-state index in [2.05, 4.69) is 31.0 Å². The number of hydrogen-bond donors (Lipinski definition) is 1. The predicted molar refractivity (Wildman–Crippen MR) is 83.9 cm³/mol. The van der Waals surface area contributed by atoms with Crippen molar-refractivity contribution < 1.29 is 0 Å². The van der Waals surface area contributed by atoms with Gasteiger partial charge in [0, 0.05) is 6.54 Å². The summed E-state index contributed by atoms with van der Waals surface area (Å²) in [4.78, 5) is 2.15. The van der Waals surface area contributed by atoms with Crippen LogP contribution in [0.4, 0.5) is 0 Å². The molecular formula is C15H27ClN4. The maximum absolute atomic E-state index is 6.64. The van der Waals surface area contributed by atoms with Gasteiger partial charge >= 0.3 is 0 Å². The molecule has 1 atom stereocenters. The molecule has 1 aromatic heterocycles. The molecule has 1 fully saturated rings. The zero-order chi connectivity index (χ0) is 14.8. The summed E-state index contributed by atoms with van der Waals surface area (Å²) < 4.78 is 2.00. The lowest BCUT2D eigenvalue weighted by Crippen LogP contribution is -2.34. The van der Waals surface area contributed by atoms with Crippen molar-refractivity contribution >= 4 is 11.6 Å². The zero-order valence-corrected chi connectivity index (χ0v) is 13.7. The summed E-state index contributed by atoms with van der Waals surface area (Å²) in [6, 6.07) is -0.00726. The Morgan fingerprint density at radius 3 is 2.65 bits per heavy atom. The molecule has 5 heteroatoms. The van der Waals surface area contributed by atoms with E-state index in [1.165, 1.54) is 25.7 Å². The van der Waals surface area contributed by atoms with Gasteiger partial charge in [-0.1, -0.05) is 31.4 Å². The number of aromatic nitrogens is 2. The minimum atomic E-state index is -0.00726. The lowest BCUT2D eigenvalue weighted by Gasteiger charge is -2.35. The van der Waals surface area contributed by atoms with Gasteiger partial charge in [-0.15, -0.1) is 0 Å². The first-order chi connectivity index (χ1) is 9.50. The Bertz CT molecular complexity index is 435. The van der Waals surface area contributed by atoms with Gasteiger partial charge in [0.15, 0.2) is 0 Å². The topological polar surface area (TPSA) is 47.1 Å². The zero-order valence-electron chi connectivity index (χ0n) is 12.9. The Balaban J connectivity index is 2.24. The predicted octanol–water partition coefficient (Wildman–Crippen LogP) is 3.07. The van der Waals surface area contributed by atoms with E-state index in [4.69, 9.17) is 17.3 Å². The van der Waals surface area contributed by atoms with Gasteiger partial charge in [0.2, 0.25) is 0 Å². The average Bonchev–Trinajstić information content (AvgIpc) is 3.03. The van der Waals surface area contributed by atoms with Crippen molar-refractivity contribution in [3.05, 3.63) is 16.9 Å². The molecular weight excluding hydrogens is 272 g/mol. The summed E-state index contributed by atoms with van der Waals surface area (Å²) in [5.74, 6) is 0. The minimum Gasteiger partial charge on any atom is -0.322 e. The van der Waals surface area contributed by atoms with Crippen molar-refractivity contribution in [1.82, 2.24) is 14.7 Å². The van der Waals surface area contributed by atoms with Crippen molar-refractivity contribution in [2.24, 2.45) is 11.1 Å². The molecule has 1 aromatic rings. The van der Waals surface area contributed by atoms with Crippen LogP contribution in [0.25, 0.3) is 0 Å². The molecule has 114 valence electrons. The van der Waals surface area contributed by atoms with Crippen LogP contribution < -0.4 is 5.73 Å². The van der Waals surface area contributed by atoms with Gasteiger partial charge in [0.25, 0.3) is 0 Å². The first-order valence-electron chi connectivity index (χ1n) is 7.61. The molecule has 2 N–H and O–H groups in total. The van der Waals surface area contributed by atoms with E-state index in [-0.39, 0.29) is 11.5 Å². The first-order valence-corrected chi connectivity index (χ1v) is 7.99. The first kappa shape index (κ1) is 15.8. The largest absolute Gasteiger partial charge is 0.322 e. The molecule has 2 rings (SSSR count). The third-order valence-electron chi connectivity index (χ3n) is 4.85. The van der Waals surface area contributed by atoms with Crippen LogP contribution in [0.5, 0.6) is 0 Å². The summed E-state index contributed by atoms with van der Waals surface area (Å²) in [6.45, 7) is 4.03. The maximum Gasteiger partial charge on any atom is 0.0834 e. The van der Waals surface area contributed by atoms with Crippen molar-refractivity contribution in [3.8, 4) is 0 Å². The molecule has 0 spiro atoms. The van der Waals surface area contributed by atoms with Crippen LogP contribution in [0.15, 0.2) is 6.20 Å². The summed E-state index contributed by atoms with van der Waals surface area (Å²) >= 11 is 6.38. The minimum absolute atomic E-state index is 0.00726. The molecule has 4 nitrogen and oxygen atoms in total. The fourth-order valence-corrected chi connectivity index (χ4v) is 3.67. The van der Waals surface area contributed by atoms with E-state index >= 15 is 0 Å². The van der Waals surface area contributed by atoms with Crippen molar-refractivity contribution in [3.63, 3.8) is 0 Å². The number of halogens is 1. The van der Waals surface area contributed by atoms with E-state index < -0.39 is 0 Å². The van der Waals surface area contributed by atoms with Crippen LogP contribution in [0.1, 0.15) is 50.8 Å². The van der Waals surface area contributed by atoms with Crippen LogP contribution in [-0.4, -0.2) is 35.3 Å². The standard InChI is InChI=1S/C15H27ClN4/c1-4-15(7-5-6-8-15)14(17)13-12(16)11-18-20(13)10-9-19(2)3/h11,14H,4-10,17H2,1-3H3. The van der Waals surface area contributed by atoms with Crippen LogP contribution in [0, 0.1) is 5.41 Å². The SMILES string of the molecule is CCC1(C(N)c2c(Cl)cnn2CCN(C)C)CCCC1. The lowest BCUT2D eigenvalue weighted by molar-refractivity contribution is 0.211. The average molecular weight is 299 g/mol. The van der Waals surface area contributed by atoms with Gasteiger partial charge in [-0.05, 0) is 38.8 Å². The maximum atomic E-state index is 6.64. The Hall–Kier alpha value is -0.580. The van der Waals surface area contributed by atoms with Crippen molar-refractivity contribution in [2.75, 3.05) is 20.6 Å². The normalized spacial score (nSPS) is 19.7. The number of likely N-dealkylation sites (N-methyl/N-ethyl adjacent to an activating group) is 1. The highest BCUT2D eigenvalue weighted by atomic mass is 35.5. The molecule has 1 aliphatic rings. The highest BCUT2D eigenvalue weighted by molar-refractivity contribution is 6.31. The Morgan fingerprint density at radius 1 is 1.45 bits per heavy atom. The molecule has 0 amide bonds.